The second-order valence-electron chi connectivity index (χ2n) is 4.34. The molecule has 0 radical (unpaired) electrons. The molecule has 0 bridgehead atoms. The van der Waals surface area contributed by atoms with E-state index in [4.69, 9.17) is 4.84 Å². The first kappa shape index (κ1) is 11.3. The van der Waals surface area contributed by atoms with Crippen LogP contribution in [0.1, 0.15) is 26.1 Å². The summed E-state index contributed by atoms with van der Waals surface area (Å²) in [4.78, 5) is 9.19. The molecule has 7 heteroatoms. The van der Waals surface area contributed by atoms with E-state index >= 15 is 0 Å². The molecule has 0 fully saturated rings. The largest absolute Gasteiger partial charge is 0.389 e. The van der Waals surface area contributed by atoms with E-state index in [-0.39, 0.29) is 5.60 Å². The maximum atomic E-state index is 11.9. The Labute approximate surface area is 96.1 Å². The number of hydrogen-bond donors (Lipinski definition) is 0. The highest BCUT2D eigenvalue weighted by atomic mass is 32.2. The van der Waals surface area contributed by atoms with Crippen LogP contribution in [0, 0.1) is 0 Å². The van der Waals surface area contributed by atoms with Gasteiger partial charge in [0.1, 0.15) is 17.0 Å². The van der Waals surface area contributed by atoms with Crippen molar-refractivity contribution in [3.05, 3.63) is 12.2 Å². The van der Waals surface area contributed by atoms with Gasteiger partial charge in [0.15, 0.2) is 5.82 Å². The van der Waals surface area contributed by atoms with Crippen molar-refractivity contribution in [1.29, 1.82) is 0 Å². The van der Waals surface area contributed by atoms with Crippen molar-refractivity contribution in [2.24, 2.45) is 12.2 Å². The summed E-state index contributed by atoms with van der Waals surface area (Å²) < 4.78 is 13.5. The zero-order valence-electron chi connectivity index (χ0n) is 9.51. The monoisotopic (exact) mass is 242 g/mol. The molecule has 1 aliphatic heterocycles. The molecule has 1 aliphatic rings. The van der Waals surface area contributed by atoms with Gasteiger partial charge < -0.3 is 4.84 Å². The Kier molecular flexibility index (Phi) is 2.79. The zero-order valence-corrected chi connectivity index (χ0v) is 10.3. The molecule has 0 amide bonds. The average Bonchev–Trinajstić information content (AvgIpc) is 2.72. The van der Waals surface area contributed by atoms with Crippen LogP contribution in [0.4, 0.5) is 0 Å². The molecule has 6 nitrogen and oxygen atoms in total. The van der Waals surface area contributed by atoms with Crippen LogP contribution in [-0.4, -0.2) is 29.6 Å². The van der Waals surface area contributed by atoms with E-state index in [1.807, 2.05) is 13.8 Å². The molecule has 0 N–H and O–H groups in total. The first-order chi connectivity index (χ1) is 7.46. The van der Waals surface area contributed by atoms with Crippen LogP contribution in [0.5, 0.6) is 0 Å². The summed E-state index contributed by atoms with van der Waals surface area (Å²) in [5.41, 5.74) is -0.345. The normalized spacial score (nSPS) is 20.3. The van der Waals surface area contributed by atoms with Crippen LogP contribution in [0.15, 0.2) is 11.5 Å². The molecule has 1 unspecified atom stereocenters. The fourth-order valence-electron chi connectivity index (χ4n) is 1.38. The highest BCUT2D eigenvalue weighted by molar-refractivity contribution is 7.99. The van der Waals surface area contributed by atoms with E-state index in [0.717, 1.165) is 0 Å². The van der Waals surface area contributed by atoms with Gasteiger partial charge in [0.25, 0.3) is 0 Å². The molecule has 1 atom stereocenters. The Morgan fingerprint density at radius 2 is 2.38 bits per heavy atom. The SMILES string of the molecule is Cn1cnc(CS(=O)C2=NOC(C)(C)C2)n1. The van der Waals surface area contributed by atoms with Gasteiger partial charge in [0, 0.05) is 13.5 Å². The maximum absolute atomic E-state index is 11.9. The molecule has 2 rings (SSSR count). The van der Waals surface area contributed by atoms with Crippen molar-refractivity contribution in [3.8, 4) is 0 Å². The maximum Gasteiger partial charge on any atom is 0.163 e. The average molecular weight is 242 g/mol. The predicted molar refractivity (Wildman–Crippen MR) is 60.1 cm³/mol. The molecule has 16 heavy (non-hydrogen) atoms. The third-order valence-corrected chi connectivity index (χ3v) is 3.41. The summed E-state index contributed by atoms with van der Waals surface area (Å²) in [6, 6.07) is 0. The molecule has 88 valence electrons. The number of oxime groups is 1. The lowest BCUT2D eigenvalue weighted by Gasteiger charge is -2.12. The van der Waals surface area contributed by atoms with Crippen molar-refractivity contribution in [2.75, 3.05) is 0 Å². The van der Waals surface area contributed by atoms with Crippen molar-refractivity contribution in [1.82, 2.24) is 14.8 Å². The van der Waals surface area contributed by atoms with E-state index in [9.17, 15) is 4.21 Å². The molecule has 0 spiro atoms. The molecule has 0 saturated carbocycles. The van der Waals surface area contributed by atoms with Crippen molar-refractivity contribution >= 4 is 15.8 Å². The van der Waals surface area contributed by atoms with E-state index < -0.39 is 10.8 Å². The summed E-state index contributed by atoms with van der Waals surface area (Å²) in [7, 11) is 0.584. The molecule has 0 aromatic carbocycles. The van der Waals surface area contributed by atoms with Crippen LogP contribution in [0.2, 0.25) is 0 Å². The Morgan fingerprint density at radius 3 is 2.88 bits per heavy atom. The molecular formula is C9H14N4O2S. The zero-order chi connectivity index (χ0) is 11.8. The number of aromatic nitrogens is 3. The smallest absolute Gasteiger partial charge is 0.163 e. The summed E-state index contributed by atoms with van der Waals surface area (Å²) >= 11 is 0. The first-order valence-corrected chi connectivity index (χ1v) is 6.26. The minimum Gasteiger partial charge on any atom is -0.389 e. The number of aryl methyl sites for hydroxylation is 1. The van der Waals surface area contributed by atoms with Gasteiger partial charge in [-0.1, -0.05) is 5.16 Å². The number of hydrogen-bond acceptors (Lipinski definition) is 5. The molecular weight excluding hydrogens is 228 g/mol. The van der Waals surface area contributed by atoms with Gasteiger partial charge in [0.05, 0.1) is 16.6 Å². The van der Waals surface area contributed by atoms with E-state index in [1.54, 1.807) is 18.1 Å². The van der Waals surface area contributed by atoms with Crippen molar-refractivity contribution < 1.29 is 9.05 Å². The van der Waals surface area contributed by atoms with Gasteiger partial charge in [-0.05, 0) is 13.8 Å². The standard InChI is InChI=1S/C9H14N4O2S/c1-9(2)4-8(12-15-9)16(14)5-7-10-6-13(3)11-7/h6H,4-5H2,1-3H3. The van der Waals surface area contributed by atoms with E-state index in [2.05, 4.69) is 15.2 Å². The van der Waals surface area contributed by atoms with Gasteiger partial charge in [0.2, 0.25) is 0 Å². The van der Waals surface area contributed by atoms with Gasteiger partial charge in [-0.2, -0.15) is 5.10 Å². The summed E-state index contributed by atoms with van der Waals surface area (Å²) in [5.74, 6) is 0.854. The number of nitrogens with zero attached hydrogens (tertiary/aromatic N) is 4. The van der Waals surface area contributed by atoms with Crippen molar-refractivity contribution in [3.63, 3.8) is 0 Å². The van der Waals surface area contributed by atoms with Gasteiger partial charge >= 0.3 is 0 Å². The minimum atomic E-state index is -1.19. The summed E-state index contributed by atoms with van der Waals surface area (Å²) in [6.45, 7) is 3.83. The van der Waals surface area contributed by atoms with Crippen molar-refractivity contribution in [2.45, 2.75) is 31.6 Å². The lowest BCUT2D eigenvalue weighted by Crippen LogP contribution is -2.20. The second-order valence-corrected chi connectivity index (χ2v) is 5.79. The van der Waals surface area contributed by atoms with Gasteiger partial charge in [-0.3, -0.25) is 8.89 Å². The quantitative estimate of drug-likeness (QED) is 0.760. The molecule has 2 heterocycles. The van der Waals surface area contributed by atoms with Crippen LogP contribution < -0.4 is 0 Å². The van der Waals surface area contributed by atoms with Crippen LogP contribution in [0.25, 0.3) is 0 Å². The van der Waals surface area contributed by atoms with Gasteiger partial charge in [-0.25, -0.2) is 4.98 Å². The highest BCUT2D eigenvalue weighted by Gasteiger charge is 2.32. The summed E-state index contributed by atoms with van der Waals surface area (Å²) in [6.07, 6.45) is 2.18. The van der Waals surface area contributed by atoms with E-state index in [0.29, 0.717) is 23.0 Å². The lowest BCUT2D eigenvalue weighted by molar-refractivity contribution is 0.0123. The highest BCUT2D eigenvalue weighted by Crippen LogP contribution is 2.24. The minimum absolute atomic E-state index is 0.291. The van der Waals surface area contributed by atoms with Crippen LogP contribution >= 0.6 is 0 Å². The van der Waals surface area contributed by atoms with Crippen LogP contribution in [-0.2, 0) is 28.4 Å². The fourth-order valence-corrected chi connectivity index (χ4v) is 2.54. The Bertz CT molecular complexity index is 452. The third kappa shape index (κ3) is 2.46. The topological polar surface area (TPSA) is 69.4 Å². The molecule has 0 saturated heterocycles. The lowest BCUT2D eigenvalue weighted by atomic mass is 10.1. The second kappa shape index (κ2) is 3.97. The Morgan fingerprint density at radius 1 is 1.62 bits per heavy atom. The predicted octanol–water partition coefficient (Wildman–Crippen LogP) is 0.576. The number of rotatable bonds is 2. The Hall–Kier alpha value is -1.24. The third-order valence-electron chi connectivity index (χ3n) is 2.14. The molecule has 1 aromatic heterocycles. The molecule has 0 aliphatic carbocycles. The molecule has 1 aromatic rings. The first-order valence-electron chi connectivity index (χ1n) is 4.94. The van der Waals surface area contributed by atoms with E-state index in [1.165, 1.54) is 0 Å². The fraction of sp³-hybridized carbons (Fsp3) is 0.667. The van der Waals surface area contributed by atoms with Crippen LogP contribution in [0.3, 0.4) is 0 Å². The van der Waals surface area contributed by atoms with Gasteiger partial charge in [-0.15, -0.1) is 0 Å². The summed E-state index contributed by atoms with van der Waals surface area (Å²) in [5, 5.41) is 8.50. The Balaban J connectivity index is 2.00.